The molecule has 0 bridgehead atoms. The fourth-order valence-electron chi connectivity index (χ4n) is 1.81. The minimum Gasteiger partial charge on any atom is -0.340 e. The van der Waals surface area contributed by atoms with E-state index in [0.717, 1.165) is 29.6 Å². The number of unbranched alkanes of at least 4 members (excludes halogenated alkanes) is 1. The molecule has 0 unspecified atom stereocenters. The second kappa shape index (κ2) is 6.78. The van der Waals surface area contributed by atoms with Crippen molar-refractivity contribution in [3.05, 3.63) is 35.1 Å². The van der Waals surface area contributed by atoms with Crippen LogP contribution in [-0.4, -0.2) is 29.0 Å². The van der Waals surface area contributed by atoms with Crippen LogP contribution in [0.3, 0.4) is 0 Å². The molecule has 0 aliphatic rings. The summed E-state index contributed by atoms with van der Waals surface area (Å²) in [6.45, 7) is 8.58. The first-order chi connectivity index (χ1) is 8.47. The van der Waals surface area contributed by atoms with Crippen molar-refractivity contribution in [1.29, 1.82) is 0 Å². The first-order valence-corrected chi connectivity index (χ1v) is 7.00. The standard InChI is InChI=1S/C14H21BrN2O/c1-5-6-7-8-16(4)14(18)13-9-12(15)10-17(13)11(2)3/h5,9-11H,1,6-8H2,2-4H3. The lowest BCUT2D eigenvalue weighted by molar-refractivity contribution is 0.0781. The van der Waals surface area contributed by atoms with Crippen LogP contribution in [0.15, 0.2) is 29.4 Å². The molecule has 0 spiro atoms. The maximum atomic E-state index is 12.3. The summed E-state index contributed by atoms with van der Waals surface area (Å²) in [5.74, 6) is 0.0680. The van der Waals surface area contributed by atoms with Crippen molar-refractivity contribution >= 4 is 21.8 Å². The van der Waals surface area contributed by atoms with E-state index in [4.69, 9.17) is 0 Å². The molecule has 4 heteroatoms. The van der Waals surface area contributed by atoms with Crippen LogP contribution in [0.5, 0.6) is 0 Å². The zero-order valence-corrected chi connectivity index (χ0v) is 12.9. The highest BCUT2D eigenvalue weighted by Gasteiger charge is 2.18. The molecule has 1 amide bonds. The highest BCUT2D eigenvalue weighted by molar-refractivity contribution is 9.10. The molecule has 0 atom stereocenters. The quantitative estimate of drug-likeness (QED) is 0.578. The van der Waals surface area contributed by atoms with Crippen molar-refractivity contribution in [2.75, 3.05) is 13.6 Å². The Labute approximate surface area is 118 Å². The number of hydrogen-bond donors (Lipinski definition) is 0. The third-order valence-electron chi connectivity index (χ3n) is 2.84. The smallest absolute Gasteiger partial charge is 0.270 e. The van der Waals surface area contributed by atoms with Gasteiger partial charge in [-0.3, -0.25) is 4.79 Å². The number of halogens is 1. The van der Waals surface area contributed by atoms with Crippen LogP contribution < -0.4 is 0 Å². The predicted octanol–water partition coefficient (Wildman–Crippen LogP) is 3.87. The third-order valence-corrected chi connectivity index (χ3v) is 3.27. The van der Waals surface area contributed by atoms with Crippen LogP contribution in [0.25, 0.3) is 0 Å². The fraction of sp³-hybridized carbons (Fsp3) is 0.500. The lowest BCUT2D eigenvalue weighted by Gasteiger charge is -2.19. The molecule has 1 aromatic heterocycles. The molecule has 0 aliphatic heterocycles. The van der Waals surface area contributed by atoms with Crippen molar-refractivity contribution in [3.63, 3.8) is 0 Å². The maximum absolute atomic E-state index is 12.3. The fourth-order valence-corrected chi connectivity index (χ4v) is 2.25. The topological polar surface area (TPSA) is 25.2 Å². The molecule has 0 aromatic carbocycles. The van der Waals surface area contributed by atoms with Crippen molar-refractivity contribution in [2.45, 2.75) is 32.7 Å². The maximum Gasteiger partial charge on any atom is 0.270 e. The first-order valence-electron chi connectivity index (χ1n) is 6.21. The molecule has 1 aromatic rings. The van der Waals surface area contributed by atoms with E-state index in [-0.39, 0.29) is 11.9 Å². The number of carbonyl (C=O) groups is 1. The number of carbonyl (C=O) groups excluding carboxylic acids is 1. The van der Waals surface area contributed by atoms with Crippen LogP contribution in [0.2, 0.25) is 0 Å². The second-order valence-electron chi connectivity index (χ2n) is 4.70. The van der Waals surface area contributed by atoms with Gasteiger partial charge in [-0.25, -0.2) is 0 Å². The SMILES string of the molecule is C=CCCCN(C)C(=O)c1cc(Br)cn1C(C)C. The van der Waals surface area contributed by atoms with Gasteiger partial charge in [0.05, 0.1) is 0 Å². The van der Waals surface area contributed by atoms with Gasteiger partial charge in [0, 0.05) is 30.3 Å². The van der Waals surface area contributed by atoms with Gasteiger partial charge in [0.25, 0.3) is 5.91 Å². The number of nitrogens with zero attached hydrogens (tertiary/aromatic N) is 2. The largest absolute Gasteiger partial charge is 0.340 e. The lowest BCUT2D eigenvalue weighted by atomic mass is 10.2. The highest BCUT2D eigenvalue weighted by atomic mass is 79.9. The number of hydrogen-bond acceptors (Lipinski definition) is 1. The Kier molecular flexibility index (Phi) is 5.66. The molecule has 0 fully saturated rings. The summed E-state index contributed by atoms with van der Waals surface area (Å²) < 4.78 is 2.94. The minimum absolute atomic E-state index is 0.0680. The van der Waals surface area contributed by atoms with E-state index in [2.05, 4.69) is 36.4 Å². The van der Waals surface area contributed by atoms with Gasteiger partial charge in [-0.2, -0.15) is 0 Å². The van der Waals surface area contributed by atoms with Crippen LogP contribution in [0.1, 0.15) is 43.2 Å². The van der Waals surface area contributed by atoms with E-state index >= 15 is 0 Å². The van der Waals surface area contributed by atoms with E-state index in [0.29, 0.717) is 0 Å². The lowest BCUT2D eigenvalue weighted by Crippen LogP contribution is -2.29. The van der Waals surface area contributed by atoms with Gasteiger partial charge in [0.1, 0.15) is 5.69 Å². The Morgan fingerprint density at radius 2 is 2.28 bits per heavy atom. The molecule has 18 heavy (non-hydrogen) atoms. The Hall–Kier alpha value is -1.03. The molecule has 0 saturated carbocycles. The average molecular weight is 313 g/mol. The Morgan fingerprint density at radius 3 is 2.83 bits per heavy atom. The van der Waals surface area contributed by atoms with Gasteiger partial charge in [0.2, 0.25) is 0 Å². The predicted molar refractivity (Wildman–Crippen MR) is 78.9 cm³/mol. The van der Waals surface area contributed by atoms with Gasteiger partial charge in [-0.05, 0) is 48.7 Å². The molecule has 0 N–H and O–H groups in total. The van der Waals surface area contributed by atoms with Crippen molar-refractivity contribution in [3.8, 4) is 0 Å². The molecule has 0 radical (unpaired) electrons. The summed E-state index contributed by atoms with van der Waals surface area (Å²) in [7, 11) is 1.84. The van der Waals surface area contributed by atoms with Gasteiger partial charge < -0.3 is 9.47 Å². The van der Waals surface area contributed by atoms with Crippen molar-refractivity contribution in [1.82, 2.24) is 9.47 Å². The van der Waals surface area contributed by atoms with Gasteiger partial charge in [-0.15, -0.1) is 6.58 Å². The van der Waals surface area contributed by atoms with E-state index in [9.17, 15) is 4.79 Å². The zero-order valence-electron chi connectivity index (χ0n) is 11.3. The Balaban J connectivity index is 2.79. The zero-order chi connectivity index (χ0) is 13.7. The van der Waals surface area contributed by atoms with Crippen LogP contribution in [0, 0.1) is 0 Å². The van der Waals surface area contributed by atoms with E-state index in [1.807, 2.05) is 30.0 Å². The molecular formula is C14H21BrN2O. The molecule has 1 rings (SSSR count). The number of aromatic nitrogens is 1. The molecule has 3 nitrogen and oxygen atoms in total. The van der Waals surface area contributed by atoms with E-state index in [1.165, 1.54) is 0 Å². The van der Waals surface area contributed by atoms with Crippen LogP contribution in [-0.2, 0) is 0 Å². The summed E-state index contributed by atoms with van der Waals surface area (Å²) >= 11 is 3.43. The summed E-state index contributed by atoms with van der Waals surface area (Å²) in [6, 6.07) is 2.16. The summed E-state index contributed by atoms with van der Waals surface area (Å²) in [5.41, 5.74) is 0.734. The number of allylic oxidation sites excluding steroid dienone is 1. The number of rotatable bonds is 6. The molecule has 0 saturated heterocycles. The van der Waals surface area contributed by atoms with Gasteiger partial charge in [0.15, 0.2) is 0 Å². The number of amides is 1. The van der Waals surface area contributed by atoms with Crippen LogP contribution >= 0.6 is 15.9 Å². The third kappa shape index (κ3) is 3.73. The average Bonchev–Trinajstić information content (AvgIpc) is 2.70. The first kappa shape index (κ1) is 15.0. The molecule has 1 heterocycles. The monoisotopic (exact) mass is 312 g/mol. The molecule has 100 valence electrons. The van der Waals surface area contributed by atoms with Crippen molar-refractivity contribution in [2.24, 2.45) is 0 Å². The van der Waals surface area contributed by atoms with E-state index < -0.39 is 0 Å². The highest BCUT2D eigenvalue weighted by Crippen LogP contribution is 2.20. The Morgan fingerprint density at radius 1 is 1.61 bits per heavy atom. The van der Waals surface area contributed by atoms with E-state index in [1.54, 1.807) is 4.90 Å². The summed E-state index contributed by atoms with van der Waals surface area (Å²) in [6.07, 6.45) is 5.73. The van der Waals surface area contributed by atoms with Gasteiger partial charge >= 0.3 is 0 Å². The summed E-state index contributed by atoms with van der Waals surface area (Å²) in [4.78, 5) is 14.1. The Bertz CT molecular complexity index is 423. The minimum atomic E-state index is 0.0680. The normalized spacial score (nSPS) is 10.7. The molecular weight excluding hydrogens is 292 g/mol. The van der Waals surface area contributed by atoms with Crippen molar-refractivity contribution < 1.29 is 4.79 Å². The van der Waals surface area contributed by atoms with Gasteiger partial charge in [-0.1, -0.05) is 6.08 Å². The second-order valence-corrected chi connectivity index (χ2v) is 5.62. The molecule has 0 aliphatic carbocycles. The summed E-state index contributed by atoms with van der Waals surface area (Å²) in [5, 5.41) is 0. The van der Waals surface area contributed by atoms with Crippen LogP contribution in [0.4, 0.5) is 0 Å².